The number of hydrogen-bond acceptors (Lipinski definition) is 2. The van der Waals surface area contributed by atoms with Crippen LogP contribution in [-0.2, 0) is 5.41 Å². The Morgan fingerprint density at radius 3 is 2.56 bits per heavy atom. The lowest BCUT2D eigenvalue weighted by molar-refractivity contribution is 0.452. The van der Waals surface area contributed by atoms with Crippen molar-refractivity contribution in [3.05, 3.63) is 29.0 Å². The zero-order valence-electron chi connectivity index (χ0n) is 11.2. The van der Waals surface area contributed by atoms with Gasteiger partial charge in [-0.25, -0.2) is 0 Å². The Balaban J connectivity index is 2.27. The number of rotatable bonds is 2. The number of phenolic OH excluding ortho intramolecular Hbond substituents is 1. The van der Waals surface area contributed by atoms with E-state index in [0.29, 0.717) is 5.75 Å². The molecule has 0 bridgehead atoms. The van der Waals surface area contributed by atoms with Crippen molar-refractivity contribution in [2.75, 3.05) is 0 Å². The van der Waals surface area contributed by atoms with Crippen LogP contribution in [0.4, 0.5) is 0 Å². The molecule has 1 aromatic carbocycles. The third-order valence-corrected chi connectivity index (χ3v) is 4.63. The fourth-order valence-electron chi connectivity index (χ4n) is 3.06. The molecule has 2 aromatic rings. The van der Waals surface area contributed by atoms with Crippen LogP contribution in [0.5, 0.6) is 5.75 Å². The first kappa shape index (κ1) is 11.6. The summed E-state index contributed by atoms with van der Waals surface area (Å²) < 4.78 is 0. The monoisotopic (exact) mass is 244 g/mol. The normalized spacial score (nSPS) is 19.1. The molecule has 0 saturated heterocycles. The number of nitrogens with two attached hydrogens (primary N) is 1. The smallest absolute Gasteiger partial charge is 0.129 e. The number of aryl methyl sites for hydroxylation is 2. The minimum absolute atomic E-state index is 0.00408. The Morgan fingerprint density at radius 2 is 2.00 bits per heavy atom. The first-order valence-electron chi connectivity index (χ1n) is 6.54. The number of hydrogen-bond donors (Lipinski definition) is 3. The van der Waals surface area contributed by atoms with Crippen molar-refractivity contribution in [1.82, 2.24) is 4.98 Å². The van der Waals surface area contributed by atoms with E-state index in [4.69, 9.17) is 5.73 Å². The molecule has 1 aromatic heterocycles. The molecule has 3 rings (SSSR count). The van der Waals surface area contributed by atoms with Crippen molar-refractivity contribution in [1.29, 1.82) is 0 Å². The Morgan fingerprint density at radius 1 is 1.33 bits per heavy atom. The molecular formula is C15H20N2O. The maximum Gasteiger partial charge on any atom is 0.129 e. The van der Waals surface area contributed by atoms with Crippen LogP contribution in [0.2, 0.25) is 0 Å². The quantitative estimate of drug-likeness (QED) is 0.760. The molecular weight excluding hydrogens is 224 g/mol. The summed E-state index contributed by atoms with van der Waals surface area (Å²) in [5.41, 5.74) is 10.4. The number of aromatic nitrogens is 1. The fourth-order valence-corrected chi connectivity index (χ4v) is 3.06. The highest BCUT2D eigenvalue weighted by Crippen LogP contribution is 2.54. The van der Waals surface area contributed by atoms with Crippen molar-refractivity contribution in [2.45, 2.75) is 45.1 Å². The Hall–Kier alpha value is -1.48. The van der Waals surface area contributed by atoms with Gasteiger partial charge >= 0.3 is 0 Å². The van der Waals surface area contributed by atoms with Gasteiger partial charge in [0.2, 0.25) is 0 Å². The Labute approximate surface area is 107 Å². The van der Waals surface area contributed by atoms with E-state index in [-0.39, 0.29) is 11.5 Å². The van der Waals surface area contributed by atoms with E-state index in [1.807, 2.05) is 26.8 Å². The lowest BCUT2D eigenvalue weighted by atomic mass is 9.87. The molecule has 1 aliphatic carbocycles. The molecule has 1 heterocycles. The van der Waals surface area contributed by atoms with E-state index >= 15 is 0 Å². The molecule has 4 N–H and O–H groups in total. The second-order valence-corrected chi connectivity index (χ2v) is 5.70. The number of fused-ring (bicyclic) bond motifs is 1. The van der Waals surface area contributed by atoms with Gasteiger partial charge in [0.1, 0.15) is 5.75 Å². The molecule has 96 valence electrons. The average Bonchev–Trinajstić information content (AvgIpc) is 3.04. The van der Waals surface area contributed by atoms with Crippen molar-refractivity contribution < 1.29 is 5.11 Å². The molecule has 1 atom stereocenters. The van der Waals surface area contributed by atoms with Gasteiger partial charge in [0.05, 0.1) is 0 Å². The standard InChI is InChI=1S/C15H20N2O/c1-8-9(2)17-12-5-4-11(14(18)13(8)12)15(6-7-15)10(3)16/h4-5,10,17-18H,6-7,16H2,1-3H3. The SMILES string of the molecule is Cc1[nH]c2ccc(C3(C(C)N)CC3)c(O)c2c1C. The zero-order chi connectivity index (χ0) is 13.1. The average molecular weight is 244 g/mol. The number of nitrogens with one attached hydrogen (secondary N) is 1. The number of H-pyrrole nitrogens is 1. The third-order valence-electron chi connectivity index (χ3n) is 4.63. The molecule has 1 fully saturated rings. The Kier molecular flexibility index (Phi) is 2.26. The van der Waals surface area contributed by atoms with Crippen LogP contribution in [0.3, 0.4) is 0 Å². The van der Waals surface area contributed by atoms with Crippen LogP contribution in [-0.4, -0.2) is 16.1 Å². The number of phenols is 1. The topological polar surface area (TPSA) is 62.0 Å². The van der Waals surface area contributed by atoms with E-state index in [1.165, 1.54) is 0 Å². The highest BCUT2D eigenvalue weighted by molar-refractivity contribution is 5.91. The van der Waals surface area contributed by atoms with Crippen molar-refractivity contribution in [3.8, 4) is 5.75 Å². The number of benzene rings is 1. The first-order valence-corrected chi connectivity index (χ1v) is 6.54. The van der Waals surface area contributed by atoms with Crippen molar-refractivity contribution >= 4 is 10.9 Å². The van der Waals surface area contributed by atoms with Gasteiger partial charge in [0.15, 0.2) is 0 Å². The van der Waals surface area contributed by atoms with Crippen LogP contribution < -0.4 is 5.73 Å². The lowest BCUT2D eigenvalue weighted by Gasteiger charge is -2.21. The maximum absolute atomic E-state index is 10.6. The summed E-state index contributed by atoms with van der Waals surface area (Å²) >= 11 is 0. The molecule has 1 aliphatic rings. The van der Waals surface area contributed by atoms with Gasteiger partial charge < -0.3 is 15.8 Å². The fraction of sp³-hybridized carbons (Fsp3) is 0.467. The third kappa shape index (κ3) is 1.34. The van der Waals surface area contributed by atoms with Gasteiger partial charge in [-0.3, -0.25) is 0 Å². The molecule has 0 spiro atoms. The molecule has 0 aliphatic heterocycles. The highest BCUT2D eigenvalue weighted by atomic mass is 16.3. The van der Waals surface area contributed by atoms with Crippen molar-refractivity contribution in [2.24, 2.45) is 5.73 Å². The number of aromatic hydroxyl groups is 1. The molecule has 1 saturated carbocycles. The number of aromatic amines is 1. The van der Waals surface area contributed by atoms with E-state index < -0.39 is 0 Å². The van der Waals surface area contributed by atoms with Gasteiger partial charge in [0.25, 0.3) is 0 Å². The Bertz CT molecular complexity index is 621. The van der Waals surface area contributed by atoms with Crippen molar-refractivity contribution in [3.63, 3.8) is 0 Å². The van der Waals surface area contributed by atoms with E-state index in [1.54, 1.807) is 0 Å². The van der Waals surface area contributed by atoms with Gasteiger partial charge in [-0.1, -0.05) is 6.07 Å². The molecule has 0 radical (unpaired) electrons. The summed E-state index contributed by atoms with van der Waals surface area (Å²) in [6, 6.07) is 4.18. The minimum Gasteiger partial charge on any atom is -0.507 e. The molecule has 1 unspecified atom stereocenters. The van der Waals surface area contributed by atoms with Gasteiger partial charge in [-0.2, -0.15) is 0 Å². The molecule has 3 heteroatoms. The summed E-state index contributed by atoms with van der Waals surface area (Å²) in [6.45, 7) is 6.11. The zero-order valence-corrected chi connectivity index (χ0v) is 11.2. The molecule has 18 heavy (non-hydrogen) atoms. The van der Waals surface area contributed by atoms with E-state index in [0.717, 1.165) is 40.6 Å². The van der Waals surface area contributed by atoms with Gasteiger partial charge in [-0.15, -0.1) is 0 Å². The largest absolute Gasteiger partial charge is 0.507 e. The van der Waals surface area contributed by atoms with Gasteiger partial charge in [0, 0.05) is 33.6 Å². The maximum atomic E-state index is 10.6. The summed E-state index contributed by atoms with van der Waals surface area (Å²) in [7, 11) is 0. The minimum atomic E-state index is -0.00408. The van der Waals surface area contributed by atoms with Crippen LogP contribution in [0.1, 0.15) is 36.6 Å². The van der Waals surface area contributed by atoms with Crippen LogP contribution in [0.15, 0.2) is 12.1 Å². The second kappa shape index (κ2) is 3.51. The first-order chi connectivity index (χ1) is 8.47. The lowest BCUT2D eigenvalue weighted by Crippen LogP contribution is -2.31. The van der Waals surface area contributed by atoms with E-state index in [2.05, 4.69) is 11.1 Å². The summed E-state index contributed by atoms with van der Waals surface area (Å²) in [5, 5.41) is 11.5. The predicted molar refractivity (Wildman–Crippen MR) is 74.0 cm³/mol. The van der Waals surface area contributed by atoms with Crippen LogP contribution in [0, 0.1) is 13.8 Å². The molecule has 0 amide bonds. The van der Waals surface area contributed by atoms with Crippen LogP contribution >= 0.6 is 0 Å². The highest BCUT2D eigenvalue weighted by Gasteiger charge is 2.49. The summed E-state index contributed by atoms with van der Waals surface area (Å²) in [4.78, 5) is 3.30. The molecule has 3 nitrogen and oxygen atoms in total. The van der Waals surface area contributed by atoms with E-state index in [9.17, 15) is 5.11 Å². The summed E-state index contributed by atoms with van der Waals surface area (Å²) in [6.07, 6.45) is 2.15. The van der Waals surface area contributed by atoms with Crippen LogP contribution in [0.25, 0.3) is 10.9 Å². The second-order valence-electron chi connectivity index (χ2n) is 5.70. The predicted octanol–water partition coefficient (Wildman–Crippen LogP) is 2.87. The summed E-state index contributed by atoms with van der Waals surface area (Å²) in [5.74, 6) is 0.421. The van der Waals surface area contributed by atoms with Gasteiger partial charge in [-0.05, 0) is 45.2 Å².